The van der Waals surface area contributed by atoms with E-state index in [0.717, 1.165) is 34.0 Å². The van der Waals surface area contributed by atoms with Crippen molar-refractivity contribution < 1.29 is 0 Å². The number of guanidine groups is 2. The van der Waals surface area contributed by atoms with Crippen LogP contribution in [-0.4, -0.2) is 34.0 Å². The predicted octanol–water partition coefficient (Wildman–Crippen LogP) is 8.85. The first-order valence-electron chi connectivity index (χ1n) is 17.3. The summed E-state index contributed by atoms with van der Waals surface area (Å²) in [5, 5.41) is 22.5. The van der Waals surface area contributed by atoms with E-state index in [1.165, 1.54) is 84.4 Å². The largest absolute Gasteiger partial charge is 0.369 e. The number of benzene rings is 4. The third-order valence-corrected chi connectivity index (χ3v) is 12.3. The second kappa shape index (κ2) is 10.0. The van der Waals surface area contributed by atoms with Gasteiger partial charge >= 0.3 is 0 Å². The summed E-state index contributed by atoms with van der Waals surface area (Å²) in [7, 11) is 0. The number of nitrogens with one attached hydrogen (secondary N) is 2. The van der Waals surface area contributed by atoms with Crippen LogP contribution in [0, 0.1) is 29.1 Å². The van der Waals surface area contributed by atoms with Gasteiger partial charge in [0.25, 0.3) is 0 Å². The molecule has 0 radical (unpaired) electrons. The predicted molar refractivity (Wildman–Crippen MR) is 191 cm³/mol. The SMILES string of the molecule is N=C(N)N(C(=Nc1ccc2c3c(cccc13)C=C2)Nc1ccc2c3c(cccc13)C=C2)N(C1CC2CCC1C2)C1CC2CCC1C2. The number of nitrogens with two attached hydrogens (primary N) is 1. The number of aliphatic imine (C=N–C) groups is 1. The van der Waals surface area contributed by atoms with Crippen LogP contribution < -0.4 is 11.1 Å². The molecule has 4 bridgehead atoms. The molecule has 0 saturated heterocycles. The third-order valence-electron chi connectivity index (χ3n) is 12.3. The standard InChI is InChI=1S/C40H40N6/c41-39(42)46(45(35-21-23-7-9-29(35)19-23)36-22-24-8-10-30(36)20-24)40(43-33-17-15-27-13-11-25-3-1-5-31(33)37(25)27)44-34-18-16-28-14-12-26-4-2-6-32(34)38(26)28/h1-6,11-18,23-24,29-30,35-36H,7-10,19-22H2,(H3,41,42)(H,43,44). The number of nitrogens with zero attached hydrogens (tertiary/aromatic N) is 3. The molecule has 0 spiro atoms. The Morgan fingerprint density at radius 2 is 1.24 bits per heavy atom. The lowest BCUT2D eigenvalue weighted by Gasteiger charge is -2.48. The maximum absolute atomic E-state index is 9.24. The topological polar surface area (TPSA) is 80.7 Å². The quantitative estimate of drug-likeness (QED) is 0.104. The molecule has 230 valence electrons. The Labute approximate surface area is 270 Å². The molecule has 6 aliphatic rings. The monoisotopic (exact) mass is 604 g/mol. The van der Waals surface area contributed by atoms with Crippen molar-refractivity contribution in [1.82, 2.24) is 10.0 Å². The van der Waals surface area contributed by atoms with Gasteiger partial charge in [0.15, 0.2) is 0 Å². The first-order chi connectivity index (χ1) is 22.6. The van der Waals surface area contributed by atoms with Crippen molar-refractivity contribution in [3.63, 3.8) is 0 Å². The van der Waals surface area contributed by atoms with Gasteiger partial charge in [0, 0.05) is 28.5 Å². The molecule has 4 aromatic rings. The van der Waals surface area contributed by atoms with Crippen LogP contribution in [-0.2, 0) is 0 Å². The van der Waals surface area contributed by atoms with Crippen molar-refractivity contribution in [1.29, 1.82) is 5.41 Å². The molecule has 4 saturated carbocycles. The zero-order valence-corrected chi connectivity index (χ0v) is 26.1. The Morgan fingerprint density at radius 1 is 0.674 bits per heavy atom. The van der Waals surface area contributed by atoms with Crippen LogP contribution in [0.2, 0.25) is 0 Å². The summed E-state index contributed by atoms with van der Waals surface area (Å²) in [5.41, 5.74) is 13.6. The summed E-state index contributed by atoms with van der Waals surface area (Å²) in [4.78, 5) is 5.49. The molecule has 46 heavy (non-hydrogen) atoms. The van der Waals surface area contributed by atoms with Gasteiger partial charge in [0.05, 0.1) is 5.69 Å². The van der Waals surface area contributed by atoms with Crippen molar-refractivity contribution in [2.75, 3.05) is 5.32 Å². The second-order valence-corrected chi connectivity index (χ2v) is 14.7. The first kappa shape index (κ1) is 26.8. The molecular weight excluding hydrogens is 564 g/mol. The maximum Gasteiger partial charge on any atom is 0.226 e. The van der Waals surface area contributed by atoms with Gasteiger partial charge in [-0.2, -0.15) is 0 Å². The van der Waals surface area contributed by atoms with Gasteiger partial charge in [-0.15, -0.1) is 0 Å². The average molecular weight is 605 g/mol. The minimum Gasteiger partial charge on any atom is -0.369 e. The van der Waals surface area contributed by atoms with Gasteiger partial charge in [0.2, 0.25) is 11.9 Å². The van der Waals surface area contributed by atoms with E-state index in [9.17, 15) is 5.41 Å². The van der Waals surface area contributed by atoms with Crippen LogP contribution in [0.25, 0.3) is 45.8 Å². The molecule has 6 atom stereocenters. The van der Waals surface area contributed by atoms with E-state index in [1.54, 1.807) is 0 Å². The molecule has 0 heterocycles. The van der Waals surface area contributed by atoms with E-state index in [1.807, 2.05) is 5.01 Å². The molecule has 6 unspecified atom stereocenters. The normalized spacial score (nSPS) is 28.1. The minimum absolute atomic E-state index is 0.0389. The van der Waals surface area contributed by atoms with Crippen LogP contribution in [0.4, 0.5) is 11.4 Å². The van der Waals surface area contributed by atoms with E-state index in [-0.39, 0.29) is 5.96 Å². The molecule has 6 aliphatic carbocycles. The van der Waals surface area contributed by atoms with Crippen molar-refractivity contribution in [3.05, 3.63) is 82.9 Å². The number of rotatable bonds is 5. The molecule has 6 heteroatoms. The maximum atomic E-state index is 9.24. The molecule has 10 rings (SSSR count). The highest BCUT2D eigenvalue weighted by atomic mass is 15.7. The third kappa shape index (κ3) is 3.99. The lowest BCUT2D eigenvalue weighted by molar-refractivity contribution is -0.0385. The summed E-state index contributed by atoms with van der Waals surface area (Å²) >= 11 is 0. The summed E-state index contributed by atoms with van der Waals surface area (Å²) in [6.45, 7) is 0. The highest BCUT2D eigenvalue weighted by Gasteiger charge is 2.52. The molecule has 0 aliphatic heterocycles. The minimum atomic E-state index is 0.0389. The number of anilines is 1. The number of hydrogen-bond donors (Lipinski definition) is 3. The Kier molecular flexibility index (Phi) is 5.84. The molecule has 4 N–H and O–H groups in total. The second-order valence-electron chi connectivity index (χ2n) is 14.7. The summed E-state index contributed by atoms with van der Waals surface area (Å²) < 4.78 is 0. The Morgan fingerprint density at radius 3 is 1.80 bits per heavy atom. The smallest absolute Gasteiger partial charge is 0.226 e. The lowest BCUT2D eigenvalue weighted by Crippen LogP contribution is -2.63. The number of hydrogen-bond acceptors (Lipinski definition) is 3. The fourth-order valence-corrected chi connectivity index (χ4v) is 10.4. The van der Waals surface area contributed by atoms with E-state index in [0.29, 0.717) is 29.9 Å². The van der Waals surface area contributed by atoms with Crippen molar-refractivity contribution in [2.45, 2.75) is 63.5 Å². The van der Waals surface area contributed by atoms with E-state index in [2.05, 4.69) is 95.3 Å². The van der Waals surface area contributed by atoms with Crippen LogP contribution in [0.15, 0.2) is 65.7 Å². The highest BCUT2D eigenvalue weighted by molar-refractivity contribution is 6.15. The zero-order valence-electron chi connectivity index (χ0n) is 26.1. The molecule has 0 aromatic heterocycles. The van der Waals surface area contributed by atoms with Crippen molar-refractivity contribution in [2.24, 2.45) is 34.4 Å². The first-order valence-corrected chi connectivity index (χ1v) is 17.3. The average Bonchev–Trinajstić information content (AvgIpc) is 3.93. The Bertz CT molecular complexity index is 1990. The fourth-order valence-electron chi connectivity index (χ4n) is 10.4. The van der Waals surface area contributed by atoms with Crippen molar-refractivity contribution in [3.8, 4) is 0 Å². The fraction of sp³-hybridized carbons (Fsp3) is 0.350. The summed E-state index contributed by atoms with van der Waals surface area (Å²) in [6, 6.07) is 22.4. The molecular formula is C40H40N6. The van der Waals surface area contributed by atoms with Crippen LogP contribution in [0.3, 0.4) is 0 Å². The van der Waals surface area contributed by atoms with Crippen LogP contribution >= 0.6 is 0 Å². The van der Waals surface area contributed by atoms with E-state index >= 15 is 0 Å². The summed E-state index contributed by atoms with van der Waals surface area (Å²) in [6.07, 6.45) is 19.0. The van der Waals surface area contributed by atoms with Crippen LogP contribution in [0.1, 0.15) is 73.6 Å². The zero-order chi connectivity index (χ0) is 30.5. The van der Waals surface area contributed by atoms with Gasteiger partial charge in [-0.05, 0) is 107 Å². The van der Waals surface area contributed by atoms with Crippen LogP contribution in [0.5, 0.6) is 0 Å². The highest BCUT2D eigenvalue weighted by Crippen LogP contribution is 2.53. The lowest BCUT2D eigenvalue weighted by atomic mass is 9.89. The van der Waals surface area contributed by atoms with Gasteiger partial charge in [-0.3, -0.25) is 5.41 Å². The van der Waals surface area contributed by atoms with Gasteiger partial charge in [-0.1, -0.05) is 85.7 Å². The van der Waals surface area contributed by atoms with Gasteiger partial charge < -0.3 is 11.1 Å². The number of hydrazine groups is 1. The van der Waals surface area contributed by atoms with E-state index < -0.39 is 0 Å². The van der Waals surface area contributed by atoms with Crippen molar-refractivity contribution >= 4 is 69.1 Å². The Hall–Kier alpha value is -4.42. The van der Waals surface area contributed by atoms with Gasteiger partial charge in [0.1, 0.15) is 0 Å². The molecule has 0 amide bonds. The number of fused-ring (bicyclic) bond motifs is 4. The molecule has 4 fully saturated rings. The Balaban J connectivity index is 1.16. The van der Waals surface area contributed by atoms with Gasteiger partial charge in [-0.25, -0.2) is 15.0 Å². The molecule has 6 nitrogen and oxygen atoms in total. The molecule has 4 aromatic carbocycles. The van der Waals surface area contributed by atoms with E-state index in [4.69, 9.17) is 10.7 Å². The summed E-state index contributed by atoms with van der Waals surface area (Å²) in [5.74, 6) is 3.53.